The van der Waals surface area contributed by atoms with E-state index in [1.807, 2.05) is 6.08 Å². The average Bonchev–Trinajstić information content (AvgIpc) is 2.57. The minimum absolute atomic E-state index is 0.869. The summed E-state index contributed by atoms with van der Waals surface area (Å²) in [5, 5.41) is 0. The second-order valence-electron chi connectivity index (χ2n) is 7.01. The first kappa shape index (κ1) is 22.4. The van der Waals surface area contributed by atoms with E-state index in [1.165, 1.54) is 109 Å². The van der Waals surface area contributed by atoms with Gasteiger partial charge in [0.25, 0.3) is 0 Å². The largest absolute Gasteiger partial charge is 0.299 e. The zero-order valence-corrected chi connectivity index (χ0v) is 15.9. The molecule has 0 saturated carbocycles. The summed E-state index contributed by atoms with van der Waals surface area (Å²) in [7, 11) is 0. The predicted molar refractivity (Wildman–Crippen MR) is 104 cm³/mol. The van der Waals surface area contributed by atoms with Gasteiger partial charge in [-0.1, -0.05) is 116 Å². The van der Waals surface area contributed by atoms with Gasteiger partial charge >= 0.3 is 0 Å². The third-order valence-corrected chi connectivity index (χ3v) is 4.69. The maximum absolute atomic E-state index is 10.1. The van der Waals surface area contributed by atoms with Crippen LogP contribution in [0.25, 0.3) is 0 Å². The molecule has 0 heterocycles. The molecule has 0 saturated heterocycles. The number of aldehydes is 1. The normalized spacial score (nSPS) is 11.3. The maximum Gasteiger partial charge on any atom is 0.142 e. The highest BCUT2D eigenvalue weighted by molar-refractivity contribution is 5.64. The van der Waals surface area contributed by atoms with Crippen molar-refractivity contribution in [2.75, 3.05) is 0 Å². The van der Waals surface area contributed by atoms with Crippen LogP contribution >= 0.6 is 0 Å². The van der Waals surface area contributed by atoms with Crippen LogP contribution < -0.4 is 0 Å². The Kier molecular flexibility index (Phi) is 20.9. The van der Waals surface area contributed by atoms with Crippen LogP contribution in [-0.2, 0) is 4.79 Å². The number of unbranched alkanes of at least 4 members (excludes halogenated alkanes) is 17. The Morgan fingerprint density at radius 1 is 0.522 bits per heavy atom. The number of carbonyl (C=O) groups is 1. The standard InChI is InChI=1S/C22H42O/c1-2-3-4-5-6-7-8-9-10-11-12-13-14-15-16-17-18-19-20-21-22-23/h20-22H,2-19H2,1H3/b21-20+. The lowest BCUT2D eigenvalue weighted by molar-refractivity contribution is -0.104. The van der Waals surface area contributed by atoms with Crippen LogP contribution in [0.3, 0.4) is 0 Å². The van der Waals surface area contributed by atoms with E-state index >= 15 is 0 Å². The molecule has 0 bridgehead atoms. The van der Waals surface area contributed by atoms with Gasteiger partial charge in [0.1, 0.15) is 6.29 Å². The van der Waals surface area contributed by atoms with E-state index in [-0.39, 0.29) is 0 Å². The number of carbonyl (C=O) groups excluding carboxylic acids is 1. The summed E-state index contributed by atoms with van der Waals surface area (Å²) in [6.45, 7) is 2.29. The van der Waals surface area contributed by atoms with Crippen molar-refractivity contribution in [3.8, 4) is 0 Å². The fourth-order valence-electron chi connectivity index (χ4n) is 3.14. The number of hydrogen-bond acceptors (Lipinski definition) is 1. The molecular formula is C22H42O. The van der Waals surface area contributed by atoms with E-state index < -0.39 is 0 Å². The molecule has 0 rings (SSSR count). The minimum atomic E-state index is 0.869. The summed E-state index contributed by atoms with van der Waals surface area (Å²) in [4.78, 5) is 10.1. The summed E-state index contributed by atoms with van der Waals surface area (Å²) in [5.41, 5.74) is 0. The zero-order valence-electron chi connectivity index (χ0n) is 15.9. The van der Waals surface area contributed by atoms with E-state index in [0.29, 0.717) is 0 Å². The highest BCUT2D eigenvalue weighted by Gasteiger charge is 1.94. The molecule has 0 fully saturated rings. The first-order valence-corrected chi connectivity index (χ1v) is 10.5. The first-order valence-electron chi connectivity index (χ1n) is 10.5. The zero-order chi connectivity index (χ0) is 16.8. The quantitative estimate of drug-likeness (QED) is 0.135. The molecule has 1 heteroatoms. The van der Waals surface area contributed by atoms with Crippen LogP contribution in [-0.4, -0.2) is 6.29 Å². The van der Waals surface area contributed by atoms with Gasteiger partial charge in [0.2, 0.25) is 0 Å². The highest BCUT2D eigenvalue weighted by Crippen LogP contribution is 2.14. The summed E-state index contributed by atoms with van der Waals surface area (Å²) in [6, 6.07) is 0. The Morgan fingerprint density at radius 2 is 0.870 bits per heavy atom. The van der Waals surface area contributed by atoms with Crippen molar-refractivity contribution in [1.29, 1.82) is 0 Å². The molecule has 0 spiro atoms. The number of allylic oxidation sites excluding steroid dienone is 2. The summed E-state index contributed by atoms with van der Waals surface area (Å²) >= 11 is 0. The van der Waals surface area contributed by atoms with E-state index in [2.05, 4.69) is 6.92 Å². The van der Waals surface area contributed by atoms with Crippen LogP contribution in [0.1, 0.15) is 122 Å². The van der Waals surface area contributed by atoms with Gasteiger partial charge in [-0.2, -0.15) is 0 Å². The van der Waals surface area contributed by atoms with Gasteiger partial charge in [0, 0.05) is 0 Å². The Bertz CT molecular complexity index is 244. The van der Waals surface area contributed by atoms with Gasteiger partial charge in [-0.3, -0.25) is 4.79 Å². The van der Waals surface area contributed by atoms with Gasteiger partial charge < -0.3 is 0 Å². The Balaban J connectivity index is 2.97. The molecule has 0 aromatic rings. The van der Waals surface area contributed by atoms with Crippen molar-refractivity contribution in [3.05, 3.63) is 12.2 Å². The Hall–Kier alpha value is -0.590. The predicted octanol–water partition coefficient (Wildman–Crippen LogP) is 7.78. The van der Waals surface area contributed by atoms with Crippen LogP contribution in [0.2, 0.25) is 0 Å². The van der Waals surface area contributed by atoms with E-state index in [9.17, 15) is 4.79 Å². The fraction of sp³-hybridized carbons (Fsp3) is 0.864. The first-order chi connectivity index (χ1) is 11.4. The van der Waals surface area contributed by atoms with Crippen molar-refractivity contribution in [2.45, 2.75) is 122 Å². The summed E-state index contributed by atoms with van der Waals surface area (Å²) in [6.07, 6.45) is 29.6. The lowest BCUT2D eigenvalue weighted by Gasteiger charge is -2.03. The van der Waals surface area contributed by atoms with Crippen molar-refractivity contribution in [2.24, 2.45) is 0 Å². The molecule has 136 valence electrons. The van der Waals surface area contributed by atoms with Gasteiger partial charge in [0.05, 0.1) is 0 Å². The molecule has 23 heavy (non-hydrogen) atoms. The van der Waals surface area contributed by atoms with Gasteiger partial charge in [-0.05, 0) is 18.9 Å². The molecule has 0 N–H and O–H groups in total. The van der Waals surface area contributed by atoms with Gasteiger partial charge in [-0.25, -0.2) is 0 Å². The molecular weight excluding hydrogens is 280 g/mol. The second-order valence-corrected chi connectivity index (χ2v) is 7.01. The Morgan fingerprint density at radius 3 is 1.22 bits per heavy atom. The fourth-order valence-corrected chi connectivity index (χ4v) is 3.14. The number of hydrogen-bond donors (Lipinski definition) is 0. The topological polar surface area (TPSA) is 17.1 Å². The smallest absolute Gasteiger partial charge is 0.142 e. The van der Waals surface area contributed by atoms with Crippen molar-refractivity contribution in [1.82, 2.24) is 0 Å². The molecule has 0 aliphatic carbocycles. The van der Waals surface area contributed by atoms with E-state index in [0.717, 1.165) is 12.7 Å². The van der Waals surface area contributed by atoms with E-state index in [1.54, 1.807) is 6.08 Å². The van der Waals surface area contributed by atoms with Crippen molar-refractivity contribution < 1.29 is 4.79 Å². The molecule has 0 unspecified atom stereocenters. The molecule has 0 aromatic carbocycles. The molecule has 0 aromatic heterocycles. The summed E-state index contributed by atoms with van der Waals surface area (Å²) in [5.74, 6) is 0. The molecule has 1 nitrogen and oxygen atoms in total. The molecule has 0 aliphatic rings. The second kappa shape index (κ2) is 21.4. The lowest BCUT2D eigenvalue weighted by atomic mass is 10.0. The highest BCUT2D eigenvalue weighted by atomic mass is 16.1. The van der Waals surface area contributed by atoms with Crippen molar-refractivity contribution in [3.63, 3.8) is 0 Å². The molecule has 0 aliphatic heterocycles. The third-order valence-electron chi connectivity index (χ3n) is 4.69. The van der Waals surface area contributed by atoms with Crippen LogP contribution in [0.15, 0.2) is 12.2 Å². The van der Waals surface area contributed by atoms with Crippen LogP contribution in [0, 0.1) is 0 Å². The molecule has 0 radical (unpaired) electrons. The van der Waals surface area contributed by atoms with E-state index in [4.69, 9.17) is 0 Å². The van der Waals surface area contributed by atoms with Crippen LogP contribution in [0.4, 0.5) is 0 Å². The molecule has 0 atom stereocenters. The SMILES string of the molecule is CCCCCCCCCCCCCCCCCCC/C=C/C=O. The summed E-state index contributed by atoms with van der Waals surface area (Å²) < 4.78 is 0. The van der Waals surface area contributed by atoms with Crippen molar-refractivity contribution >= 4 is 6.29 Å². The van der Waals surface area contributed by atoms with Gasteiger partial charge in [-0.15, -0.1) is 0 Å². The molecule has 0 amide bonds. The monoisotopic (exact) mass is 322 g/mol. The Labute approximate surface area is 146 Å². The third kappa shape index (κ3) is 21.4. The average molecular weight is 323 g/mol. The minimum Gasteiger partial charge on any atom is -0.299 e. The maximum atomic E-state index is 10.1. The van der Waals surface area contributed by atoms with Crippen LogP contribution in [0.5, 0.6) is 0 Å². The number of rotatable bonds is 19. The van der Waals surface area contributed by atoms with Gasteiger partial charge in [0.15, 0.2) is 0 Å². The lowest BCUT2D eigenvalue weighted by Crippen LogP contribution is -1.83.